The van der Waals surface area contributed by atoms with Crippen LogP contribution in [0.5, 0.6) is 0 Å². The van der Waals surface area contributed by atoms with Crippen LogP contribution in [0.15, 0.2) is 18.2 Å². The van der Waals surface area contributed by atoms with E-state index in [-0.39, 0.29) is 5.82 Å². The van der Waals surface area contributed by atoms with E-state index >= 15 is 0 Å². The van der Waals surface area contributed by atoms with Gasteiger partial charge in [-0.3, -0.25) is 0 Å². The molecule has 17 heavy (non-hydrogen) atoms. The van der Waals surface area contributed by atoms with Crippen molar-refractivity contribution in [3.8, 4) is 0 Å². The molecule has 0 amide bonds. The summed E-state index contributed by atoms with van der Waals surface area (Å²) in [5, 5.41) is 3.70. The molecule has 0 bridgehead atoms. The first kappa shape index (κ1) is 11.2. The Morgan fingerprint density at radius 2 is 2.18 bits per heavy atom. The largest absolute Gasteiger partial charge is 0.307 e. The zero-order valence-corrected chi connectivity index (χ0v) is 10.4. The van der Waals surface area contributed by atoms with Crippen molar-refractivity contribution in [2.75, 3.05) is 0 Å². The fourth-order valence-electron chi connectivity index (χ4n) is 3.02. The van der Waals surface area contributed by atoms with Crippen LogP contribution in [-0.4, -0.2) is 6.04 Å². The molecule has 0 aliphatic heterocycles. The lowest BCUT2D eigenvalue weighted by atomic mass is 10.1. The first-order valence-electron chi connectivity index (χ1n) is 6.77. The molecule has 1 aromatic carbocycles. The second kappa shape index (κ2) is 4.41. The molecule has 2 aliphatic rings. The van der Waals surface area contributed by atoms with Gasteiger partial charge in [-0.25, -0.2) is 4.39 Å². The van der Waals surface area contributed by atoms with Crippen LogP contribution in [0.2, 0.25) is 0 Å². The number of halogens is 1. The Hall–Kier alpha value is -0.890. The van der Waals surface area contributed by atoms with Crippen LogP contribution in [0.4, 0.5) is 4.39 Å². The molecular formula is C15H20FN. The molecule has 2 aliphatic carbocycles. The smallest absolute Gasteiger partial charge is 0.123 e. The number of fused-ring (bicyclic) bond motifs is 1. The molecule has 0 spiro atoms. The highest BCUT2D eigenvalue weighted by Gasteiger charge is 2.27. The summed E-state index contributed by atoms with van der Waals surface area (Å²) in [6.45, 7) is 2.28. The first-order valence-corrected chi connectivity index (χ1v) is 6.77. The number of hydrogen-bond donors (Lipinski definition) is 1. The predicted molar refractivity (Wildman–Crippen MR) is 67.4 cm³/mol. The van der Waals surface area contributed by atoms with Crippen molar-refractivity contribution in [2.45, 2.75) is 51.1 Å². The summed E-state index contributed by atoms with van der Waals surface area (Å²) in [6, 6.07) is 6.27. The third-order valence-electron chi connectivity index (χ3n) is 4.05. The van der Waals surface area contributed by atoms with Gasteiger partial charge in [-0.1, -0.05) is 18.9 Å². The molecule has 92 valence electrons. The quantitative estimate of drug-likeness (QED) is 0.838. The normalized spacial score (nSPS) is 24.7. The van der Waals surface area contributed by atoms with E-state index in [2.05, 4.69) is 12.2 Å². The number of aryl methyl sites for hydroxylation is 1. The summed E-state index contributed by atoms with van der Waals surface area (Å²) >= 11 is 0. The van der Waals surface area contributed by atoms with E-state index in [4.69, 9.17) is 0 Å². The van der Waals surface area contributed by atoms with E-state index in [1.807, 2.05) is 6.07 Å². The van der Waals surface area contributed by atoms with Crippen molar-refractivity contribution in [3.05, 3.63) is 35.1 Å². The Morgan fingerprint density at radius 1 is 1.35 bits per heavy atom. The van der Waals surface area contributed by atoms with Crippen molar-refractivity contribution in [2.24, 2.45) is 5.92 Å². The molecule has 0 heterocycles. The lowest BCUT2D eigenvalue weighted by Gasteiger charge is -2.20. The molecule has 2 atom stereocenters. The van der Waals surface area contributed by atoms with Crippen LogP contribution in [0.25, 0.3) is 0 Å². The Morgan fingerprint density at radius 3 is 2.94 bits per heavy atom. The van der Waals surface area contributed by atoms with Gasteiger partial charge < -0.3 is 5.32 Å². The van der Waals surface area contributed by atoms with Crippen LogP contribution in [-0.2, 0) is 6.42 Å². The van der Waals surface area contributed by atoms with E-state index in [0.717, 1.165) is 18.8 Å². The van der Waals surface area contributed by atoms with Crippen molar-refractivity contribution in [3.63, 3.8) is 0 Å². The highest BCUT2D eigenvalue weighted by molar-refractivity contribution is 5.35. The molecule has 1 N–H and O–H groups in total. The van der Waals surface area contributed by atoms with Gasteiger partial charge >= 0.3 is 0 Å². The highest BCUT2D eigenvalue weighted by atomic mass is 19.1. The maximum Gasteiger partial charge on any atom is 0.123 e. The van der Waals surface area contributed by atoms with Crippen molar-refractivity contribution < 1.29 is 4.39 Å². The third-order valence-corrected chi connectivity index (χ3v) is 4.05. The van der Waals surface area contributed by atoms with Crippen molar-refractivity contribution in [1.82, 2.24) is 5.32 Å². The van der Waals surface area contributed by atoms with Gasteiger partial charge in [0.05, 0.1) is 0 Å². The average Bonchev–Trinajstić information content (AvgIpc) is 3.01. The van der Waals surface area contributed by atoms with E-state index < -0.39 is 0 Å². The van der Waals surface area contributed by atoms with Gasteiger partial charge in [0.1, 0.15) is 5.82 Å². The number of benzene rings is 1. The van der Waals surface area contributed by atoms with Crippen LogP contribution in [0.3, 0.4) is 0 Å². The summed E-state index contributed by atoms with van der Waals surface area (Å²) in [5.41, 5.74) is 2.51. The minimum atomic E-state index is -0.101. The predicted octanol–water partition coefficient (Wildman–Crippen LogP) is 3.59. The van der Waals surface area contributed by atoms with Gasteiger partial charge in [0.15, 0.2) is 0 Å². The SMILES string of the molecule is CC(CC1CC1)NC1CCc2cc(F)ccc21. The number of rotatable bonds is 4. The monoisotopic (exact) mass is 233 g/mol. The van der Waals surface area contributed by atoms with Gasteiger partial charge in [-0.15, -0.1) is 0 Å². The van der Waals surface area contributed by atoms with Crippen molar-refractivity contribution >= 4 is 0 Å². The Kier molecular flexibility index (Phi) is 2.91. The van der Waals surface area contributed by atoms with E-state index in [0.29, 0.717) is 12.1 Å². The van der Waals surface area contributed by atoms with Crippen LogP contribution >= 0.6 is 0 Å². The Labute approximate surface area is 102 Å². The summed E-state index contributed by atoms with van der Waals surface area (Å²) in [7, 11) is 0. The minimum Gasteiger partial charge on any atom is -0.307 e. The zero-order valence-electron chi connectivity index (χ0n) is 10.4. The number of nitrogens with one attached hydrogen (secondary N) is 1. The molecular weight excluding hydrogens is 213 g/mol. The number of hydrogen-bond acceptors (Lipinski definition) is 1. The molecule has 0 aromatic heterocycles. The Bertz CT molecular complexity index is 411. The second-order valence-corrected chi connectivity index (χ2v) is 5.68. The standard InChI is InChI=1S/C15H20FN/c1-10(8-11-2-3-11)17-15-7-4-12-9-13(16)5-6-14(12)15/h5-6,9-11,15,17H,2-4,7-8H2,1H3. The molecule has 1 aromatic rings. The van der Waals surface area contributed by atoms with Gasteiger partial charge in [0.2, 0.25) is 0 Å². The average molecular weight is 233 g/mol. The van der Waals surface area contributed by atoms with E-state index in [1.165, 1.54) is 30.4 Å². The molecule has 1 fully saturated rings. The van der Waals surface area contributed by atoms with Gasteiger partial charge in [-0.2, -0.15) is 0 Å². The lowest BCUT2D eigenvalue weighted by Crippen LogP contribution is -2.29. The highest BCUT2D eigenvalue weighted by Crippen LogP contribution is 2.36. The molecule has 1 nitrogen and oxygen atoms in total. The molecule has 2 heteroatoms. The van der Waals surface area contributed by atoms with Gasteiger partial charge in [-0.05, 0) is 55.4 Å². The topological polar surface area (TPSA) is 12.0 Å². The lowest BCUT2D eigenvalue weighted by molar-refractivity contribution is 0.419. The second-order valence-electron chi connectivity index (χ2n) is 5.68. The zero-order chi connectivity index (χ0) is 11.8. The van der Waals surface area contributed by atoms with Crippen LogP contribution < -0.4 is 5.32 Å². The minimum absolute atomic E-state index is 0.101. The fourth-order valence-corrected chi connectivity index (χ4v) is 3.02. The maximum atomic E-state index is 13.1. The maximum absolute atomic E-state index is 13.1. The third kappa shape index (κ3) is 2.52. The van der Waals surface area contributed by atoms with Crippen LogP contribution in [0.1, 0.15) is 49.8 Å². The molecule has 3 rings (SSSR count). The van der Waals surface area contributed by atoms with Crippen LogP contribution in [0, 0.1) is 11.7 Å². The molecule has 2 unspecified atom stereocenters. The van der Waals surface area contributed by atoms with Gasteiger partial charge in [0.25, 0.3) is 0 Å². The summed E-state index contributed by atoms with van der Waals surface area (Å²) < 4.78 is 13.1. The summed E-state index contributed by atoms with van der Waals surface area (Å²) in [4.78, 5) is 0. The van der Waals surface area contributed by atoms with E-state index in [1.54, 1.807) is 12.1 Å². The summed E-state index contributed by atoms with van der Waals surface area (Å²) in [5.74, 6) is 0.863. The first-order chi connectivity index (χ1) is 8.22. The molecule has 1 saturated carbocycles. The molecule has 0 saturated heterocycles. The van der Waals surface area contributed by atoms with E-state index in [9.17, 15) is 4.39 Å². The Balaban J connectivity index is 1.66. The fraction of sp³-hybridized carbons (Fsp3) is 0.600. The molecule has 0 radical (unpaired) electrons. The summed E-state index contributed by atoms with van der Waals surface area (Å²) in [6.07, 6.45) is 6.26. The van der Waals surface area contributed by atoms with Gasteiger partial charge in [0, 0.05) is 12.1 Å². The van der Waals surface area contributed by atoms with Crippen molar-refractivity contribution in [1.29, 1.82) is 0 Å².